The van der Waals surface area contributed by atoms with Gasteiger partial charge in [-0.2, -0.15) is 0 Å². The first-order valence-corrected chi connectivity index (χ1v) is 8.21. The Hall–Kier alpha value is -2.80. The van der Waals surface area contributed by atoms with Crippen molar-refractivity contribution < 1.29 is 19.3 Å². The summed E-state index contributed by atoms with van der Waals surface area (Å²) in [6, 6.07) is 8.86. The van der Waals surface area contributed by atoms with E-state index in [1.165, 1.54) is 7.11 Å². The van der Waals surface area contributed by atoms with Gasteiger partial charge in [0.15, 0.2) is 17.1 Å². The quantitative estimate of drug-likeness (QED) is 0.786. The van der Waals surface area contributed by atoms with Crippen LogP contribution in [-0.2, 0) is 4.74 Å². The lowest BCUT2D eigenvalue weighted by Gasteiger charge is -2.22. The van der Waals surface area contributed by atoms with Crippen LogP contribution in [0.4, 0.5) is 0 Å². The van der Waals surface area contributed by atoms with Gasteiger partial charge in [0.1, 0.15) is 6.10 Å². The summed E-state index contributed by atoms with van der Waals surface area (Å²) < 4.78 is 18.3. The third-order valence-corrected chi connectivity index (χ3v) is 4.27. The molecule has 130 valence electrons. The van der Waals surface area contributed by atoms with Gasteiger partial charge < -0.3 is 19.3 Å². The fraction of sp³-hybridized carbons (Fsp3) is 0.333. The van der Waals surface area contributed by atoms with Gasteiger partial charge in [-0.15, -0.1) is 5.10 Å². The van der Waals surface area contributed by atoms with Crippen molar-refractivity contribution in [3.63, 3.8) is 0 Å². The molecule has 3 heterocycles. The van der Waals surface area contributed by atoms with Crippen molar-refractivity contribution in [1.29, 1.82) is 0 Å². The van der Waals surface area contributed by atoms with Crippen molar-refractivity contribution in [2.24, 2.45) is 0 Å². The number of fused-ring (bicyclic) bond motifs is 1. The molecule has 1 N–H and O–H groups in total. The molecule has 7 heteroatoms. The van der Waals surface area contributed by atoms with E-state index in [0.717, 1.165) is 43.0 Å². The molecule has 1 aromatic carbocycles. The average molecular weight is 341 g/mol. The molecule has 0 atom stereocenters. The minimum atomic E-state index is 0.0940. The van der Waals surface area contributed by atoms with Crippen molar-refractivity contribution in [2.75, 3.05) is 20.3 Å². The lowest BCUT2D eigenvalue weighted by atomic mass is 10.1. The Labute approximate surface area is 144 Å². The van der Waals surface area contributed by atoms with E-state index in [-0.39, 0.29) is 11.9 Å². The molecule has 0 bridgehead atoms. The maximum Gasteiger partial charge on any atom is 0.232 e. The van der Waals surface area contributed by atoms with Crippen molar-refractivity contribution in [3.8, 4) is 28.6 Å². The molecular formula is C18H19N3O4. The summed E-state index contributed by atoms with van der Waals surface area (Å²) in [5.41, 5.74) is 2.37. The monoisotopic (exact) mass is 341 g/mol. The average Bonchev–Trinajstić information content (AvgIpc) is 3.06. The van der Waals surface area contributed by atoms with Crippen LogP contribution in [-0.4, -0.2) is 46.1 Å². The molecule has 0 aliphatic carbocycles. The minimum absolute atomic E-state index is 0.0940. The molecule has 25 heavy (non-hydrogen) atoms. The minimum Gasteiger partial charge on any atom is -0.504 e. The van der Waals surface area contributed by atoms with Gasteiger partial charge >= 0.3 is 0 Å². The third-order valence-electron chi connectivity index (χ3n) is 4.27. The number of imidazole rings is 1. The number of aromatic nitrogens is 3. The van der Waals surface area contributed by atoms with Gasteiger partial charge in [0.2, 0.25) is 5.88 Å². The van der Waals surface area contributed by atoms with Crippen LogP contribution in [0.1, 0.15) is 12.8 Å². The Morgan fingerprint density at radius 2 is 2.04 bits per heavy atom. The molecule has 4 rings (SSSR count). The molecular weight excluding hydrogens is 322 g/mol. The van der Waals surface area contributed by atoms with Gasteiger partial charge in [0, 0.05) is 24.5 Å². The van der Waals surface area contributed by atoms with Crippen LogP contribution < -0.4 is 9.47 Å². The Kier molecular flexibility index (Phi) is 4.15. The van der Waals surface area contributed by atoms with Crippen molar-refractivity contribution >= 4 is 5.65 Å². The lowest BCUT2D eigenvalue weighted by Crippen LogP contribution is -2.26. The molecule has 0 radical (unpaired) electrons. The van der Waals surface area contributed by atoms with Gasteiger partial charge in [0.05, 0.1) is 32.2 Å². The van der Waals surface area contributed by atoms with Gasteiger partial charge in [-0.3, -0.25) is 0 Å². The summed E-state index contributed by atoms with van der Waals surface area (Å²) in [5, 5.41) is 14.4. The van der Waals surface area contributed by atoms with Crippen molar-refractivity contribution in [3.05, 3.63) is 36.5 Å². The maximum atomic E-state index is 9.78. The Bertz CT molecular complexity index is 887. The molecule has 0 unspecified atom stereocenters. The zero-order valence-corrected chi connectivity index (χ0v) is 13.9. The van der Waals surface area contributed by atoms with E-state index in [4.69, 9.17) is 14.2 Å². The number of hydrogen-bond acceptors (Lipinski definition) is 6. The highest BCUT2D eigenvalue weighted by Gasteiger charge is 2.17. The van der Waals surface area contributed by atoms with Gasteiger partial charge in [-0.1, -0.05) is 0 Å². The molecule has 1 saturated heterocycles. The number of nitrogens with zero attached hydrogens (tertiary/aromatic N) is 3. The largest absolute Gasteiger partial charge is 0.504 e. The number of rotatable bonds is 4. The second-order valence-electron chi connectivity index (χ2n) is 5.90. The smallest absolute Gasteiger partial charge is 0.232 e. The fourth-order valence-corrected chi connectivity index (χ4v) is 2.92. The van der Waals surface area contributed by atoms with Crippen molar-refractivity contribution in [1.82, 2.24) is 14.6 Å². The van der Waals surface area contributed by atoms with Gasteiger partial charge in [-0.05, 0) is 24.3 Å². The van der Waals surface area contributed by atoms with E-state index in [2.05, 4.69) is 10.1 Å². The van der Waals surface area contributed by atoms with E-state index in [1.54, 1.807) is 28.9 Å². The molecule has 1 aliphatic heterocycles. The number of hydrogen-bond donors (Lipinski definition) is 1. The van der Waals surface area contributed by atoms with Crippen LogP contribution in [0.15, 0.2) is 36.5 Å². The van der Waals surface area contributed by atoms with Gasteiger partial charge in [-0.25, -0.2) is 9.50 Å². The first kappa shape index (κ1) is 15.7. The highest BCUT2D eigenvalue weighted by Crippen LogP contribution is 2.31. The Morgan fingerprint density at radius 3 is 2.84 bits per heavy atom. The highest BCUT2D eigenvalue weighted by atomic mass is 16.5. The maximum absolute atomic E-state index is 9.78. The SMILES string of the molecule is COc1cc(-c2cnc3ccc(OC4CCOCC4)nn23)ccc1O. The molecule has 1 aliphatic rings. The number of ether oxygens (including phenoxy) is 3. The van der Waals surface area contributed by atoms with E-state index in [1.807, 2.05) is 12.1 Å². The number of phenolic OH excluding ortho intramolecular Hbond substituents is 1. The molecule has 0 spiro atoms. The topological polar surface area (TPSA) is 78.1 Å². The summed E-state index contributed by atoms with van der Waals surface area (Å²) in [7, 11) is 1.52. The van der Waals surface area contributed by atoms with E-state index < -0.39 is 0 Å². The fourth-order valence-electron chi connectivity index (χ4n) is 2.92. The number of methoxy groups -OCH3 is 1. The Balaban J connectivity index is 1.68. The third kappa shape index (κ3) is 3.10. The normalized spacial score (nSPS) is 15.4. The summed E-state index contributed by atoms with van der Waals surface area (Å²) in [4.78, 5) is 4.38. The summed E-state index contributed by atoms with van der Waals surface area (Å²) in [6.07, 6.45) is 3.60. The number of aromatic hydroxyl groups is 1. The van der Waals surface area contributed by atoms with Crippen LogP contribution >= 0.6 is 0 Å². The molecule has 7 nitrogen and oxygen atoms in total. The predicted octanol–water partition coefficient (Wildman–Crippen LogP) is 2.67. The van der Waals surface area contributed by atoms with Crippen LogP contribution in [0.5, 0.6) is 17.4 Å². The highest BCUT2D eigenvalue weighted by molar-refractivity contribution is 5.66. The van der Waals surface area contributed by atoms with Crippen LogP contribution in [0, 0.1) is 0 Å². The summed E-state index contributed by atoms with van der Waals surface area (Å²) in [6.45, 7) is 1.44. The van der Waals surface area contributed by atoms with E-state index in [0.29, 0.717) is 11.6 Å². The summed E-state index contributed by atoms with van der Waals surface area (Å²) >= 11 is 0. The van der Waals surface area contributed by atoms with Crippen molar-refractivity contribution in [2.45, 2.75) is 18.9 Å². The number of phenols is 1. The molecule has 3 aromatic rings. The molecule has 2 aromatic heterocycles. The zero-order valence-electron chi connectivity index (χ0n) is 13.9. The molecule has 0 amide bonds. The lowest BCUT2D eigenvalue weighted by molar-refractivity contribution is 0.0232. The van der Waals surface area contributed by atoms with Crippen LogP contribution in [0.2, 0.25) is 0 Å². The van der Waals surface area contributed by atoms with E-state index >= 15 is 0 Å². The summed E-state index contributed by atoms with van der Waals surface area (Å²) in [5.74, 6) is 1.06. The second-order valence-corrected chi connectivity index (χ2v) is 5.90. The van der Waals surface area contributed by atoms with Gasteiger partial charge in [0.25, 0.3) is 0 Å². The second kappa shape index (κ2) is 6.60. The van der Waals surface area contributed by atoms with Crippen LogP contribution in [0.25, 0.3) is 16.9 Å². The molecule has 0 saturated carbocycles. The molecule has 1 fully saturated rings. The first-order valence-electron chi connectivity index (χ1n) is 8.21. The Morgan fingerprint density at radius 1 is 1.20 bits per heavy atom. The standard InChI is InChI=1S/C18H19N3O4/c1-23-16-10-12(2-3-15(16)22)14-11-19-17-4-5-18(20-21(14)17)25-13-6-8-24-9-7-13/h2-5,10-11,13,22H,6-9H2,1H3. The first-order chi connectivity index (χ1) is 12.2. The van der Waals surface area contributed by atoms with Crippen LogP contribution in [0.3, 0.4) is 0 Å². The van der Waals surface area contributed by atoms with E-state index in [9.17, 15) is 5.11 Å². The number of benzene rings is 1. The predicted molar refractivity (Wildman–Crippen MR) is 91.1 cm³/mol. The zero-order chi connectivity index (χ0) is 17.2.